The van der Waals surface area contributed by atoms with Gasteiger partial charge in [-0.2, -0.15) is 0 Å². The maximum Gasteiger partial charge on any atom is 0.0909 e. The molecule has 0 saturated heterocycles. The lowest BCUT2D eigenvalue weighted by atomic mass is 9.95. The molecule has 29 heavy (non-hydrogen) atoms. The van der Waals surface area contributed by atoms with Crippen molar-refractivity contribution in [2.75, 3.05) is 31.5 Å². The molecule has 0 aliphatic heterocycles. The number of aromatic nitrogens is 1. The van der Waals surface area contributed by atoms with E-state index >= 15 is 0 Å². The van der Waals surface area contributed by atoms with Crippen LogP contribution in [-0.2, 0) is 0 Å². The number of hydrogen-bond donors (Lipinski definition) is 1. The molecule has 1 N–H and O–H groups in total. The number of fused-ring (bicyclic) bond motifs is 1. The van der Waals surface area contributed by atoms with Crippen molar-refractivity contribution in [2.45, 2.75) is 26.2 Å². The van der Waals surface area contributed by atoms with Crippen molar-refractivity contribution in [3.8, 4) is 0 Å². The highest BCUT2D eigenvalue weighted by Gasteiger charge is 2.15. The highest BCUT2D eigenvalue weighted by molar-refractivity contribution is 6.38. The van der Waals surface area contributed by atoms with Crippen LogP contribution < -0.4 is 5.32 Å². The molecule has 0 bridgehead atoms. The SMILES string of the molecule is CCN(CC)CCC(CNc1ccnc2c(Cl)cc(Cl)cc12)c1ccc(Cl)cc1. The van der Waals surface area contributed by atoms with Gasteiger partial charge in [-0.15, -0.1) is 0 Å². The standard InChI is InChI=1S/C23H26Cl3N3/c1-3-29(4-2)12-10-17(16-5-7-18(24)8-6-16)15-28-22-9-11-27-23-20(22)13-19(25)14-21(23)26/h5-9,11,13-14,17H,3-4,10,12,15H2,1-2H3,(H,27,28). The molecule has 3 aromatic rings. The first-order valence-corrected chi connectivity index (χ1v) is 11.1. The van der Waals surface area contributed by atoms with Gasteiger partial charge in [-0.05, 0) is 62.0 Å². The van der Waals surface area contributed by atoms with Crippen LogP contribution >= 0.6 is 34.8 Å². The van der Waals surface area contributed by atoms with Crippen LogP contribution in [0.2, 0.25) is 15.1 Å². The molecule has 6 heteroatoms. The summed E-state index contributed by atoms with van der Waals surface area (Å²) in [6.07, 6.45) is 2.83. The number of benzene rings is 2. The third-order valence-electron chi connectivity index (χ3n) is 5.33. The van der Waals surface area contributed by atoms with Gasteiger partial charge in [-0.3, -0.25) is 4.98 Å². The van der Waals surface area contributed by atoms with E-state index in [4.69, 9.17) is 34.8 Å². The van der Waals surface area contributed by atoms with Gasteiger partial charge in [0.25, 0.3) is 0 Å². The van der Waals surface area contributed by atoms with E-state index < -0.39 is 0 Å². The van der Waals surface area contributed by atoms with Crippen LogP contribution in [0.5, 0.6) is 0 Å². The molecule has 0 radical (unpaired) electrons. The van der Waals surface area contributed by atoms with Crippen molar-refractivity contribution < 1.29 is 0 Å². The molecule has 1 aromatic heterocycles. The van der Waals surface area contributed by atoms with Gasteiger partial charge in [-0.25, -0.2) is 0 Å². The molecule has 0 saturated carbocycles. The van der Waals surface area contributed by atoms with Gasteiger partial charge < -0.3 is 10.2 Å². The van der Waals surface area contributed by atoms with Gasteiger partial charge in [-0.1, -0.05) is 60.8 Å². The zero-order chi connectivity index (χ0) is 20.8. The molecule has 2 aromatic carbocycles. The van der Waals surface area contributed by atoms with Crippen LogP contribution in [0, 0.1) is 0 Å². The summed E-state index contributed by atoms with van der Waals surface area (Å²) in [6, 6.07) is 13.8. The lowest BCUT2D eigenvalue weighted by Gasteiger charge is -2.24. The normalized spacial score (nSPS) is 12.5. The van der Waals surface area contributed by atoms with Crippen molar-refractivity contribution in [1.29, 1.82) is 0 Å². The van der Waals surface area contributed by atoms with E-state index in [2.05, 4.69) is 41.2 Å². The predicted molar refractivity (Wildman–Crippen MR) is 127 cm³/mol. The summed E-state index contributed by atoms with van der Waals surface area (Å²) in [6.45, 7) is 8.38. The summed E-state index contributed by atoms with van der Waals surface area (Å²) >= 11 is 18.7. The number of pyridine rings is 1. The average Bonchev–Trinajstić information content (AvgIpc) is 2.72. The molecule has 0 aliphatic rings. The maximum absolute atomic E-state index is 6.33. The molecule has 0 spiro atoms. The van der Waals surface area contributed by atoms with Crippen molar-refractivity contribution in [1.82, 2.24) is 9.88 Å². The third kappa shape index (κ3) is 5.76. The summed E-state index contributed by atoms with van der Waals surface area (Å²) in [5.74, 6) is 0.353. The quantitative estimate of drug-likeness (QED) is 0.376. The Labute approximate surface area is 188 Å². The molecular formula is C23H26Cl3N3. The fourth-order valence-electron chi connectivity index (χ4n) is 3.57. The Kier molecular flexibility index (Phi) is 8.02. The van der Waals surface area contributed by atoms with E-state index in [0.29, 0.717) is 16.0 Å². The van der Waals surface area contributed by atoms with E-state index in [-0.39, 0.29) is 0 Å². The minimum absolute atomic E-state index is 0.353. The topological polar surface area (TPSA) is 28.2 Å². The number of rotatable bonds is 9. The molecule has 1 unspecified atom stereocenters. The highest BCUT2D eigenvalue weighted by Crippen LogP contribution is 2.32. The smallest absolute Gasteiger partial charge is 0.0909 e. The number of nitrogens with zero attached hydrogens (tertiary/aromatic N) is 2. The second-order valence-electron chi connectivity index (χ2n) is 7.09. The third-order valence-corrected chi connectivity index (χ3v) is 6.09. The maximum atomic E-state index is 6.33. The first kappa shape index (κ1) is 22.2. The molecule has 1 heterocycles. The van der Waals surface area contributed by atoms with Gasteiger partial charge >= 0.3 is 0 Å². The summed E-state index contributed by atoms with van der Waals surface area (Å²) in [5.41, 5.74) is 3.02. The first-order valence-electron chi connectivity index (χ1n) is 9.97. The number of halogens is 3. The molecule has 0 amide bonds. The molecule has 3 rings (SSSR count). The Morgan fingerprint density at radius 2 is 1.69 bits per heavy atom. The molecule has 154 valence electrons. The van der Waals surface area contributed by atoms with Crippen molar-refractivity contribution >= 4 is 51.4 Å². The van der Waals surface area contributed by atoms with E-state index in [1.165, 1.54) is 5.56 Å². The van der Waals surface area contributed by atoms with Crippen LogP contribution in [0.25, 0.3) is 10.9 Å². The monoisotopic (exact) mass is 449 g/mol. The largest absolute Gasteiger partial charge is 0.384 e. The van der Waals surface area contributed by atoms with Gasteiger partial charge in [0.1, 0.15) is 0 Å². The molecule has 0 fully saturated rings. The Morgan fingerprint density at radius 1 is 0.966 bits per heavy atom. The van der Waals surface area contributed by atoms with Gasteiger partial charge in [0, 0.05) is 39.8 Å². The fraction of sp³-hybridized carbons (Fsp3) is 0.348. The molecule has 0 aliphatic carbocycles. The Hall–Kier alpha value is -1.52. The van der Waals surface area contributed by atoms with Crippen LogP contribution in [-0.4, -0.2) is 36.1 Å². The van der Waals surface area contributed by atoms with Gasteiger partial charge in [0.05, 0.1) is 10.5 Å². The Balaban J connectivity index is 1.82. The first-order chi connectivity index (χ1) is 14.0. The summed E-state index contributed by atoms with van der Waals surface area (Å²) < 4.78 is 0. The van der Waals surface area contributed by atoms with Crippen molar-refractivity contribution in [3.63, 3.8) is 0 Å². The predicted octanol–water partition coefficient (Wildman–Crippen LogP) is 7.12. The number of nitrogens with one attached hydrogen (secondary N) is 1. The van der Waals surface area contributed by atoms with Crippen molar-refractivity contribution in [2.24, 2.45) is 0 Å². The molecule has 3 nitrogen and oxygen atoms in total. The summed E-state index contributed by atoms with van der Waals surface area (Å²) in [4.78, 5) is 6.86. The zero-order valence-electron chi connectivity index (χ0n) is 16.8. The number of hydrogen-bond acceptors (Lipinski definition) is 3. The van der Waals surface area contributed by atoms with E-state index in [9.17, 15) is 0 Å². The van der Waals surface area contributed by atoms with Crippen LogP contribution in [0.4, 0.5) is 5.69 Å². The number of anilines is 1. The molecular weight excluding hydrogens is 425 g/mol. The zero-order valence-corrected chi connectivity index (χ0v) is 19.0. The summed E-state index contributed by atoms with van der Waals surface area (Å²) in [5, 5.41) is 6.47. The lowest BCUT2D eigenvalue weighted by molar-refractivity contribution is 0.291. The van der Waals surface area contributed by atoms with Crippen LogP contribution in [0.1, 0.15) is 31.7 Å². The Morgan fingerprint density at radius 3 is 2.38 bits per heavy atom. The second-order valence-corrected chi connectivity index (χ2v) is 8.37. The van der Waals surface area contributed by atoms with Crippen LogP contribution in [0.15, 0.2) is 48.7 Å². The van der Waals surface area contributed by atoms with Gasteiger partial charge in [0.2, 0.25) is 0 Å². The van der Waals surface area contributed by atoms with Crippen molar-refractivity contribution in [3.05, 3.63) is 69.3 Å². The van der Waals surface area contributed by atoms with Gasteiger partial charge in [0.15, 0.2) is 0 Å². The van der Waals surface area contributed by atoms with E-state index in [0.717, 1.165) is 54.2 Å². The van der Waals surface area contributed by atoms with E-state index in [1.807, 2.05) is 24.3 Å². The Bertz CT molecular complexity index is 940. The van der Waals surface area contributed by atoms with Crippen LogP contribution in [0.3, 0.4) is 0 Å². The second kappa shape index (κ2) is 10.5. The lowest BCUT2D eigenvalue weighted by Crippen LogP contribution is -2.26. The molecule has 1 atom stereocenters. The summed E-state index contributed by atoms with van der Waals surface area (Å²) in [7, 11) is 0. The minimum Gasteiger partial charge on any atom is -0.384 e. The minimum atomic E-state index is 0.353. The average molecular weight is 451 g/mol. The van der Waals surface area contributed by atoms with E-state index in [1.54, 1.807) is 12.3 Å². The highest BCUT2D eigenvalue weighted by atomic mass is 35.5. The fourth-order valence-corrected chi connectivity index (χ4v) is 4.23.